The van der Waals surface area contributed by atoms with Crippen molar-refractivity contribution in [3.63, 3.8) is 0 Å². The molecule has 0 bridgehead atoms. The van der Waals surface area contributed by atoms with Gasteiger partial charge < -0.3 is 0 Å². The largest absolute Gasteiger partial charge is 0.416 e. The fourth-order valence-corrected chi connectivity index (χ4v) is 1.65. The molecule has 1 unspecified atom stereocenters. The van der Waals surface area contributed by atoms with Crippen molar-refractivity contribution >= 4 is 15.9 Å². The van der Waals surface area contributed by atoms with E-state index in [2.05, 4.69) is 20.9 Å². The van der Waals surface area contributed by atoms with Gasteiger partial charge in [0.25, 0.3) is 0 Å². The summed E-state index contributed by atoms with van der Waals surface area (Å²) in [5, 5.41) is 0. The Morgan fingerprint density at radius 1 is 1.44 bits per heavy atom. The highest BCUT2D eigenvalue weighted by Crippen LogP contribution is 2.32. The van der Waals surface area contributed by atoms with Crippen LogP contribution in [0.5, 0.6) is 0 Å². The number of pyridine rings is 1. The summed E-state index contributed by atoms with van der Waals surface area (Å²) in [6.45, 7) is 1.99. The van der Waals surface area contributed by atoms with Crippen molar-refractivity contribution in [2.75, 3.05) is 0 Å². The highest BCUT2D eigenvalue weighted by molar-refractivity contribution is 9.09. The second kappa shape index (κ2) is 5.66. The van der Waals surface area contributed by atoms with Crippen LogP contribution < -0.4 is 0 Å². The third-order valence-electron chi connectivity index (χ3n) is 2.38. The third kappa shape index (κ3) is 3.77. The first-order chi connectivity index (χ1) is 7.45. The van der Waals surface area contributed by atoms with Crippen molar-refractivity contribution in [3.05, 3.63) is 29.6 Å². The van der Waals surface area contributed by atoms with Gasteiger partial charge in [0.2, 0.25) is 0 Å². The van der Waals surface area contributed by atoms with Crippen molar-refractivity contribution < 1.29 is 13.2 Å². The Kier molecular flexibility index (Phi) is 4.77. The Balaban J connectivity index is 2.80. The van der Waals surface area contributed by atoms with Crippen molar-refractivity contribution in [1.29, 1.82) is 0 Å². The van der Waals surface area contributed by atoms with Gasteiger partial charge >= 0.3 is 6.18 Å². The zero-order chi connectivity index (χ0) is 12.2. The summed E-state index contributed by atoms with van der Waals surface area (Å²) >= 11 is 3.41. The van der Waals surface area contributed by atoms with Gasteiger partial charge in [-0.15, -0.1) is 0 Å². The van der Waals surface area contributed by atoms with Crippen molar-refractivity contribution in [2.45, 2.75) is 37.2 Å². The number of nitrogens with zero attached hydrogens (tertiary/aromatic N) is 1. The zero-order valence-electron chi connectivity index (χ0n) is 8.89. The first-order valence-corrected chi connectivity index (χ1v) is 6.01. The molecule has 1 nitrogen and oxygen atoms in total. The van der Waals surface area contributed by atoms with Crippen molar-refractivity contribution in [3.8, 4) is 0 Å². The lowest BCUT2D eigenvalue weighted by molar-refractivity contribution is -0.138. The van der Waals surface area contributed by atoms with E-state index in [0.717, 1.165) is 12.5 Å². The minimum atomic E-state index is -4.29. The summed E-state index contributed by atoms with van der Waals surface area (Å²) in [7, 11) is 0. The number of hydrogen-bond donors (Lipinski definition) is 0. The Morgan fingerprint density at radius 3 is 2.69 bits per heavy atom. The quantitative estimate of drug-likeness (QED) is 0.759. The Bertz CT molecular complexity index is 338. The molecule has 0 spiro atoms. The van der Waals surface area contributed by atoms with E-state index in [4.69, 9.17) is 0 Å². The highest BCUT2D eigenvalue weighted by atomic mass is 79.9. The molecule has 0 aliphatic carbocycles. The molecule has 0 radical (unpaired) electrons. The van der Waals surface area contributed by atoms with E-state index in [0.29, 0.717) is 12.8 Å². The van der Waals surface area contributed by atoms with Crippen molar-refractivity contribution in [2.24, 2.45) is 0 Å². The Labute approximate surface area is 101 Å². The molecule has 0 aromatic carbocycles. The topological polar surface area (TPSA) is 12.9 Å². The van der Waals surface area contributed by atoms with Gasteiger partial charge in [0, 0.05) is 17.2 Å². The molecule has 0 saturated carbocycles. The highest BCUT2D eigenvalue weighted by Gasteiger charge is 2.32. The molecule has 1 atom stereocenters. The minimum absolute atomic E-state index is 0.258. The third-order valence-corrected chi connectivity index (χ3v) is 3.48. The van der Waals surface area contributed by atoms with E-state index >= 15 is 0 Å². The van der Waals surface area contributed by atoms with E-state index in [-0.39, 0.29) is 10.4 Å². The normalized spacial score (nSPS) is 13.8. The predicted molar refractivity (Wildman–Crippen MR) is 60.6 cm³/mol. The summed E-state index contributed by atoms with van der Waals surface area (Å²) < 4.78 is 37.8. The zero-order valence-corrected chi connectivity index (χ0v) is 10.5. The van der Waals surface area contributed by atoms with Gasteiger partial charge in [-0.3, -0.25) is 4.98 Å². The van der Waals surface area contributed by atoms with E-state index < -0.39 is 11.7 Å². The van der Waals surface area contributed by atoms with Gasteiger partial charge in [-0.1, -0.05) is 22.9 Å². The molecule has 0 saturated heterocycles. The second-order valence-electron chi connectivity index (χ2n) is 3.57. The summed E-state index contributed by atoms with van der Waals surface area (Å²) in [4.78, 5) is 4.01. The maximum atomic E-state index is 12.6. The van der Waals surface area contributed by atoms with Crippen LogP contribution in [-0.2, 0) is 12.6 Å². The van der Waals surface area contributed by atoms with E-state index in [1.165, 1.54) is 12.4 Å². The Morgan fingerprint density at radius 2 is 2.12 bits per heavy atom. The fourth-order valence-electron chi connectivity index (χ4n) is 1.42. The van der Waals surface area contributed by atoms with Crippen LogP contribution in [0.4, 0.5) is 13.2 Å². The van der Waals surface area contributed by atoms with Gasteiger partial charge in [-0.25, -0.2) is 0 Å². The molecular weight excluding hydrogens is 283 g/mol. The smallest absolute Gasteiger partial charge is 0.264 e. The summed E-state index contributed by atoms with van der Waals surface area (Å²) in [6.07, 6.45) is 0.182. The van der Waals surface area contributed by atoms with E-state index in [1.54, 1.807) is 0 Å². The van der Waals surface area contributed by atoms with Crippen LogP contribution in [0.3, 0.4) is 0 Å². The number of aromatic nitrogens is 1. The minimum Gasteiger partial charge on any atom is -0.264 e. The molecule has 1 aromatic heterocycles. The standard InChI is InChI=1S/C11H13BrF3N/c1-2-9(12)4-3-8-7-16-6-5-10(8)11(13,14)15/h5-7,9H,2-4H2,1H3. The summed E-state index contributed by atoms with van der Waals surface area (Å²) in [5.74, 6) is 0. The first-order valence-electron chi connectivity index (χ1n) is 5.09. The van der Waals surface area contributed by atoms with Crippen LogP contribution in [-0.4, -0.2) is 9.81 Å². The maximum Gasteiger partial charge on any atom is 0.416 e. The van der Waals surface area contributed by atoms with Crippen LogP contribution in [0.2, 0.25) is 0 Å². The monoisotopic (exact) mass is 295 g/mol. The van der Waals surface area contributed by atoms with Gasteiger partial charge in [-0.05, 0) is 30.9 Å². The number of halogens is 4. The van der Waals surface area contributed by atoms with Gasteiger partial charge in [0.05, 0.1) is 5.56 Å². The van der Waals surface area contributed by atoms with Crippen LogP contribution >= 0.6 is 15.9 Å². The van der Waals surface area contributed by atoms with E-state index in [9.17, 15) is 13.2 Å². The first kappa shape index (κ1) is 13.5. The molecule has 0 aliphatic rings. The molecule has 0 aliphatic heterocycles. The number of hydrogen-bond acceptors (Lipinski definition) is 1. The maximum absolute atomic E-state index is 12.6. The SMILES string of the molecule is CCC(Br)CCc1cnccc1C(F)(F)F. The average Bonchev–Trinajstić information content (AvgIpc) is 2.25. The Hall–Kier alpha value is -0.580. The molecule has 90 valence electrons. The molecule has 1 rings (SSSR count). The lowest BCUT2D eigenvalue weighted by atomic mass is 10.0. The van der Waals surface area contributed by atoms with Crippen LogP contribution in [0.25, 0.3) is 0 Å². The van der Waals surface area contributed by atoms with Gasteiger partial charge in [0.1, 0.15) is 0 Å². The molecule has 0 N–H and O–H groups in total. The molecule has 1 aromatic rings. The molecular formula is C11H13BrF3N. The second-order valence-corrected chi connectivity index (χ2v) is 4.87. The number of rotatable bonds is 4. The molecule has 0 amide bonds. The van der Waals surface area contributed by atoms with Crippen LogP contribution in [0, 0.1) is 0 Å². The fraction of sp³-hybridized carbons (Fsp3) is 0.545. The van der Waals surface area contributed by atoms with Gasteiger partial charge in [0.15, 0.2) is 0 Å². The summed E-state index contributed by atoms with van der Waals surface area (Å²) in [6, 6.07) is 1.03. The number of aryl methyl sites for hydroxylation is 1. The molecule has 16 heavy (non-hydrogen) atoms. The van der Waals surface area contributed by atoms with Crippen LogP contribution in [0.15, 0.2) is 18.5 Å². The number of alkyl halides is 4. The van der Waals surface area contributed by atoms with Crippen molar-refractivity contribution in [1.82, 2.24) is 4.98 Å². The molecule has 5 heteroatoms. The lowest BCUT2D eigenvalue weighted by Gasteiger charge is -2.13. The van der Waals surface area contributed by atoms with Crippen LogP contribution in [0.1, 0.15) is 30.9 Å². The van der Waals surface area contributed by atoms with E-state index in [1.807, 2.05) is 6.92 Å². The molecule has 0 fully saturated rings. The summed E-state index contributed by atoms with van der Waals surface area (Å²) in [5.41, 5.74) is -0.300. The average molecular weight is 296 g/mol. The van der Waals surface area contributed by atoms with Gasteiger partial charge in [-0.2, -0.15) is 13.2 Å². The lowest BCUT2D eigenvalue weighted by Crippen LogP contribution is -2.10. The predicted octanol–water partition coefficient (Wildman–Crippen LogP) is 4.21. The molecule has 1 heterocycles.